The van der Waals surface area contributed by atoms with Gasteiger partial charge in [0.2, 0.25) is 5.89 Å². The molecule has 0 unspecified atom stereocenters. The van der Waals surface area contributed by atoms with E-state index in [9.17, 15) is 14.4 Å². The molecular formula is C29H34N6O8. The van der Waals surface area contributed by atoms with Gasteiger partial charge in [0, 0.05) is 18.3 Å². The molecule has 0 bridgehead atoms. The van der Waals surface area contributed by atoms with Gasteiger partial charge in [-0.25, -0.2) is 19.4 Å². The van der Waals surface area contributed by atoms with Crippen LogP contribution in [0.4, 0.5) is 10.5 Å². The van der Waals surface area contributed by atoms with Gasteiger partial charge in [0.25, 0.3) is 11.5 Å². The maximum absolute atomic E-state index is 12.6. The van der Waals surface area contributed by atoms with E-state index in [0.717, 1.165) is 0 Å². The zero-order valence-corrected chi connectivity index (χ0v) is 24.4. The van der Waals surface area contributed by atoms with Gasteiger partial charge >= 0.3 is 6.09 Å². The van der Waals surface area contributed by atoms with Gasteiger partial charge in [-0.15, -0.1) is 0 Å². The lowest BCUT2D eigenvalue weighted by Gasteiger charge is -2.19. The summed E-state index contributed by atoms with van der Waals surface area (Å²) >= 11 is 0. The summed E-state index contributed by atoms with van der Waals surface area (Å²) in [7, 11) is 1.52. The van der Waals surface area contributed by atoms with Crippen LogP contribution in [0, 0.1) is 0 Å². The maximum Gasteiger partial charge on any atom is 0.407 e. The lowest BCUT2D eigenvalue weighted by atomic mass is 10.2. The molecule has 14 nitrogen and oxygen atoms in total. The quantitative estimate of drug-likeness (QED) is 0.218. The number of hydrogen-bond donors (Lipinski definition) is 2. The minimum atomic E-state index is -0.556. The number of alkyl carbamates (subject to hydrolysis) is 1. The molecule has 0 saturated heterocycles. The number of carbonyl (C=O) groups is 2. The number of anilines is 1. The highest BCUT2D eigenvalue weighted by Crippen LogP contribution is 2.25. The fourth-order valence-corrected chi connectivity index (χ4v) is 3.68. The standard InChI is InChI=1S/C29H34N6O8/c1-29(2,3)43-28(38)30-11-13-40-15-16-41-14-12-35-25(36)10-8-22(34-35)27-33-23-17-19(5-9-24(23)42-27)32-26(37)21-7-6-20(39-4)18-31-21/h5-10,17-18H,11-16H2,1-4H3,(H,30,38)(H,32,37). The molecular weight excluding hydrogens is 560 g/mol. The zero-order valence-electron chi connectivity index (χ0n) is 24.4. The van der Waals surface area contributed by atoms with Crippen molar-refractivity contribution in [1.29, 1.82) is 0 Å². The molecule has 0 aliphatic rings. The molecule has 43 heavy (non-hydrogen) atoms. The van der Waals surface area contributed by atoms with Crippen LogP contribution in [0.2, 0.25) is 0 Å². The number of rotatable bonds is 13. The van der Waals surface area contributed by atoms with Crippen LogP contribution in [0.1, 0.15) is 31.3 Å². The summed E-state index contributed by atoms with van der Waals surface area (Å²) < 4.78 is 28.3. The minimum Gasteiger partial charge on any atom is -0.495 e. The SMILES string of the molecule is COc1ccc(C(=O)Nc2ccc3oc(-c4ccc(=O)n(CCOCCOCCNC(=O)OC(C)(C)C)n4)nc3c2)nc1. The smallest absolute Gasteiger partial charge is 0.407 e. The van der Waals surface area contributed by atoms with Crippen molar-refractivity contribution in [2.24, 2.45) is 0 Å². The van der Waals surface area contributed by atoms with Crippen molar-refractivity contribution in [3.8, 4) is 17.3 Å². The number of nitrogens with one attached hydrogen (secondary N) is 2. The molecule has 3 heterocycles. The van der Waals surface area contributed by atoms with Gasteiger partial charge in [-0.3, -0.25) is 9.59 Å². The van der Waals surface area contributed by atoms with E-state index in [1.807, 2.05) is 0 Å². The molecule has 2 N–H and O–H groups in total. The second kappa shape index (κ2) is 14.4. The number of methoxy groups -OCH3 is 1. The Balaban J connectivity index is 1.25. The van der Waals surface area contributed by atoms with E-state index < -0.39 is 11.7 Å². The monoisotopic (exact) mass is 594 g/mol. The van der Waals surface area contributed by atoms with Crippen LogP contribution in [-0.4, -0.2) is 77.4 Å². The fourth-order valence-electron chi connectivity index (χ4n) is 3.68. The topological polar surface area (TPSA) is 169 Å². The van der Waals surface area contributed by atoms with Crippen LogP contribution in [0.3, 0.4) is 0 Å². The molecule has 0 aliphatic carbocycles. The molecule has 0 aliphatic heterocycles. The third kappa shape index (κ3) is 9.34. The first-order valence-electron chi connectivity index (χ1n) is 13.5. The zero-order chi connectivity index (χ0) is 30.8. The number of hydrogen-bond acceptors (Lipinski definition) is 11. The Bertz CT molecular complexity index is 1590. The maximum atomic E-state index is 12.6. The van der Waals surface area contributed by atoms with Gasteiger partial charge in [0.05, 0.1) is 46.3 Å². The van der Waals surface area contributed by atoms with E-state index in [1.54, 1.807) is 51.1 Å². The Hall–Kier alpha value is -4.82. The van der Waals surface area contributed by atoms with Gasteiger partial charge in [0.1, 0.15) is 28.3 Å². The van der Waals surface area contributed by atoms with Crippen molar-refractivity contribution >= 4 is 28.8 Å². The summed E-state index contributed by atoms with van der Waals surface area (Å²) in [5.74, 6) is 0.384. The number of carbonyl (C=O) groups excluding carboxylic acids is 2. The highest BCUT2D eigenvalue weighted by molar-refractivity contribution is 6.03. The van der Waals surface area contributed by atoms with Crippen molar-refractivity contribution < 1.29 is 33.0 Å². The molecule has 3 aromatic heterocycles. The molecule has 0 radical (unpaired) electrons. The molecule has 1 aromatic carbocycles. The first-order chi connectivity index (χ1) is 20.6. The van der Waals surface area contributed by atoms with Crippen LogP contribution >= 0.6 is 0 Å². The van der Waals surface area contributed by atoms with Gasteiger partial charge in [-0.05, 0) is 57.2 Å². The van der Waals surface area contributed by atoms with Gasteiger partial charge in [0.15, 0.2) is 5.58 Å². The second-order valence-corrected chi connectivity index (χ2v) is 10.2. The first kappa shape index (κ1) is 31.1. The summed E-state index contributed by atoms with van der Waals surface area (Å²) in [6.07, 6.45) is 0.966. The number of aromatic nitrogens is 4. The molecule has 228 valence electrons. The lowest BCUT2D eigenvalue weighted by molar-refractivity contribution is 0.0376. The average Bonchev–Trinajstić information content (AvgIpc) is 3.39. The number of fused-ring (bicyclic) bond motifs is 1. The van der Waals surface area contributed by atoms with E-state index in [-0.39, 0.29) is 36.2 Å². The molecule has 0 atom stereocenters. The van der Waals surface area contributed by atoms with Crippen LogP contribution in [0.15, 0.2) is 57.9 Å². The summed E-state index contributed by atoms with van der Waals surface area (Å²) in [4.78, 5) is 45.0. The van der Waals surface area contributed by atoms with Crippen LogP contribution in [-0.2, 0) is 20.8 Å². The predicted octanol–water partition coefficient (Wildman–Crippen LogP) is 3.27. The third-order valence-electron chi connectivity index (χ3n) is 5.67. The van der Waals surface area contributed by atoms with E-state index in [0.29, 0.717) is 54.6 Å². The van der Waals surface area contributed by atoms with E-state index >= 15 is 0 Å². The molecule has 0 fully saturated rings. The summed E-state index contributed by atoms with van der Waals surface area (Å²) in [6.45, 7) is 7.06. The van der Waals surface area contributed by atoms with Crippen LogP contribution < -0.4 is 20.9 Å². The summed E-state index contributed by atoms with van der Waals surface area (Å²) in [6, 6.07) is 11.2. The minimum absolute atomic E-state index is 0.211. The molecule has 0 spiro atoms. The third-order valence-corrected chi connectivity index (χ3v) is 5.67. The van der Waals surface area contributed by atoms with Crippen molar-refractivity contribution in [3.63, 3.8) is 0 Å². The average molecular weight is 595 g/mol. The van der Waals surface area contributed by atoms with Crippen molar-refractivity contribution in [1.82, 2.24) is 25.1 Å². The second-order valence-electron chi connectivity index (χ2n) is 10.2. The van der Waals surface area contributed by atoms with Gasteiger partial charge < -0.3 is 34.0 Å². The highest BCUT2D eigenvalue weighted by Gasteiger charge is 2.16. The predicted molar refractivity (Wildman–Crippen MR) is 156 cm³/mol. The summed E-state index contributed by atoms with van der Waals surface area (Å²) in [5.41, 5.74) is 1.24. The number of ether oxygens (including phenoxy) is 4. The Morgan fingerprint density at radius 1 is 1.00 bits per heavy atom. The number of benzene rings is 1. The molecule has 0 saturated carbocycles. The molecule has 4 aromatic rings. The van der Waals surface area contributed by atoms with Crippen LogP contribution in [0.25, 0.3) is 22.7 Å². The van der Waals surface area contributed by atoms with Crippen molar-refractivity contribution in [2.45, 2.75) is 32.9 Å². The Morgan fingerprint density at radius 2 is 1.79 bits per heavy atom. The van der Waals surface area contributed by atoms with Crippen molar-refractivity contribution in [3.05, 3.63) is 64.7 Å². The normalized spacial score (nSPS) is 11.3. The van der Waals surface area contributed by atoms with E-state index in [1.165, 1.54) is 30.1 Å². The van der Waals surface area contributed by atoms with E-state index in [2.05, 4.69) is 25.7 Å². The number of nitrogens with zero attached hydrogens (tertiary/aromatic N) is 4. The number of amides is 2. The Kier molecular flexibility index (Phi) is 10.4. The Morgan fingerprint density at radius 3 is 2.51 bits per heavy atom. The molecule has 4 rings (SSSR count). The molecule has 2 amide bonds. The summed E-state index contributed by atoms with van der Waals surface area (Å²) in [5, 5.41) is 9.75. The highest BCUT2D eigenvalue weighted by atomic mass is 16.6. The number of oxazole rings is 1. The van der Waals surface area contributed by atoms with Crippen LogP contribution in [0.5, 0.6) is 5.75 Å². The van der Waals surface area contributed by atoms with Gasteiger partial charge in [-0.1, -0.05) is 0 Å². The lowest BCUT2D eigenvalue weighted by Crippen LogP contribution is -2.34. The van der Waals surface area contributed by atoms with Gasteiger partial charge in [-0.2, -0.15) is 5.10 Å². The fraction of sp³-hybridized carbons (Fsp3) is 0.379. The Labute approximate surface area is 247 Å². The van der Waals surface area contributed by atoms with E-state index in [4.69, 9.17) is 23.4 Å². The largest absolute Gasteiger partial charge is 0.495 e. The first-order valence-corrected chi connectivity index (χ1v) is 13.5. The van der Waals surface area contributed by atoms with Crippen molar-refractivity contribution in [2.75, 3.05) is 45.4 Å². The number of pyridine rings is 1. The molecule has 14 heteroatoms.